The van der Waals surface area contributed by atoms with Crippen molar-refractivity contribution >= 4 is 21.6 Å². The van der Waals surface area contributed by atoms with Crippen LogP contribution in [0.4, 0.5) is 0 Å². The summed E-state index contributed by atoms with van der Waals surface area (Å²) in [6, 6.07) is 7.40. The van der Waals surface area contributed by atoms with Gasteiger partial charge in [0.1, 0.15) is 0 Å². The molecule has 1 aromatic heterocycles. The van der Waals surface area contributed by atoms with Crippen molar-refractivity contribution in [2.75, 3.05) is 11.0 Å². The van der Waals surface area contributed by atoms with Gasteiger partial charge in [-0.2, -0.15) is 0 Å². The number of piperidine rings is 1. The predicted molar refractivity (Wildman–Crippen MR) is 78.0 cm³/mol. The number of aromatic nitrogens is 1. The number of halogens is 1. The van der Waals surface area contributed by atoms with Crippen LogP contribution in [-0.4, -0.2) is 16.0 Å². The molecule has 0 amide bonds. The summed E-state index contributed by atoms with van der Waals surface area (Å²) < 4.78 is 4.03. The Kier molecular flexibility index (Phi) is 4.39. The Balaban J connectivity index is 1.84. The van der Waals surface area contributed by atoms with Crippen LogP contribution in [0.5, 0.6) is 0 Å². The molecule has 1 saturated heterocycles. The zero-order valence-corrected chi connectivity index (χ0v) is 14.4. The molecule has 2 atom stereocenters. The molecule has 2 heterocycles. The van der Waals surface area contributed by atoms with Gasteiger partial charge in [-0.3, -0.25) is 0 Å². The van der Waals surface area contributed by atoms with Gasteiger partial charge in [-0.05, 0) is 0 Å². The molecule has 1 aliphatic heterocycles. The normalized spacial score (nSPS) is 24.1. The summed E-state index contributed by atoms with van der Waals surface area (Å²) in [5, 5.41) is 3.66. The zero-order valence-electron chi connectivity index (χ0n) is 11.4. The van der Waals surface area contributed by atoms with E-state index in [1.165, 1.54) is 36.1 Å². The SMILES string of the molecule is CC[I-]c1nc2cc([C@H]3CC[C@H](C)CN3)ccc2s1. The van der Waals surface area contributed by atoms with Crippen molar-refractivity contribution in [3.63, 3.8) is 0 Å². The van der Waals surface area contributed by atoms with Crippen LogP contribution in [0.25, 0.3) is 10.2 Å². The van der Waals surface area contributed by atoms with E-state index in [9.17, 15) is 0 Å². The number of hydrogen-bond donors (Lipinski definition) is 1. The summed E-state index contributed by atoms with van der Waals surface area (Å²) >= 11 is 2.04. The maximum absolute atomic E-state index is 4.81. The minimum absolute atomic E-state index is 0.142. The van der Waals surface area contributed by atoms with Gasteiger partial charge >= 0.3 is 129 Å². The van der Waals surface area contributed by atoms with Crippen LogP contribution in [0.2, 0.25) is 0 Å². The standard InChI is InChI=1S/C15H20IN2S/c1-3-16-15-18-13-8-11(5-7-14(13)19-15)12-6-4-10(2)9-17-12/h5,7-8,10,12,17H,3-4,6,9H2,1-2H3/q-1/t10-,12+/m0/s1. The molecule has 0 spiro atoms. The monoisotopic (exact) mass is 387 g/mol. The maximum atomic E-state index is 4.81. The van der Waals surface area contributed by atoms with Crippen LogP contribution in [0, 0.1) is 8.93 Å². The topological polar surface area (TPSA) is 24.9 Å². The van der Waals surface area contributed by atoms with Gasteiger partial charge < -0.3 is 0 Å². The zero-order chi connectivity index (χ0) is 13.2. The summed E-state index contributed by atoms with van der Waals surface area (Å²) in [4.78, 5) is 4.81. The van der Waals surface area contributed by atoms with Gasteiger partial charge in [0.15, 0.2) is 0 Å². The third kappa shape index (κ3) is 3.11. The van der Waals surface area contributed by atoms with Crippen LogP contribution in [0.3, 0.4) is 0 Å². The Labute approximate surface area is 129 Å². The number of rotatable bonds is 3. The van der Waals surface area contributed by atoms with E-state index >= 15 is 0 Å². The molecule has 0 aliphatic carbocycles. The number of nitrogens with one attached hydrogen (secondary N) is 1. The van der Waals surface area contributed by atoms with E-state index in [0.29, 0.717) is 6.04 Å². The summed E-state index contributed by atoms with van der Waals surface area (Å²) in [7, 11) is 0. The molecule has 3 rings (SSSR count). The molecular weight excluding hydrogens is 367 g/mol. The van der Waals surface area contributed by atoms with E-state index in [1.807, 2.05) is 11.3 Å². The molecule has 1 fully saturated rings. The van der Waals surface area contributed by atoms with Gasteiger partial charge in [0.25, 0.3) is 0 Å². The van der Waals surface area contributed by atoms with Gasteiger partial charge in [0, 0.05) is 0 Å². The second-order valence-electron chi connectivity index (χ2n) is 5.24. The first-order chi connectivity index (χ1) is 9.26. The number of thiazole rings is 1. The Hall–Kier alpha value is -0.200. The molecule has 1 aromatic carbocycles. The van der Waals surface area contributed by atoms with Gasteiger partial charge in [-0.1, -0.05) is 0 Å². The van der Waals surface area contributed by atoms with E-state index in [-0.39, 0.29) is 21.2 Å². The molecule has 2 aromatic rings. The number of benzene rings is 1. The fourth-order valence-corrected chi connectivity index (χ4v) is 6.31. The van der Waals surface area contributed by atoms with E-state index in [4.69, 9.17) is 4.98 Å². The molecule has 0 bridgehead atoms. The van der Waals surface area contributed by atoms with Crippen molar-refractivity contribution in [2.45, 2.75) is 32.7 Å². The average Bonchev–Trinajstić information content (AvgIpc) is 2.81. The molecule has 2 nitrogen and oxygen atoms in total. The summed E-state index contributed by atoms with van der Waals surface area (Å²) in [6.45, 7) is 5.73. The van der Waals surface area contributed by atoms with E-state index in [2.05, 4.69) is 37.4 Å². The van der Waals surface area contributed by atoms with E-state index in [0.717, 1.165) is 12.5 Å². The summed E-state index contributed by atoms with van der Waals surface area (Å²) in [6.07, 6.45) is 2.59. The summed E-state index contributed by atoms with van der Waals surface area (Å²) in [5.41, 5.74) is 2.64. The molecule has 0 unspecified atom stereocenters. The van der Waals surface area contributed by atoms with Gasteiger partial charge in [0.2, 0.25) is 0 Å². The second-order valence-corrected chi connectivity index (χ2v) is 10.3. The Morgan fingerprint density at radius 3 is 3.05 bits per heavy atom. The number of fused-ring (bicyclic) bond motifs is 1. The Bertz CT molecular complexity index is 558. The molecule has 104 valence electrons. The first-order valence-corrected chi connectivity index (χ1v) is 10.4. The third-order valence-corrected chi connectivity index (χ3v) is 7.57. The number of hydrogen-bond acceptors (Lipinski definition) is 3. The van der Waals surface area contributed by atoms with Crippen LogP contribution in [0.15, 0.2) is 18.2 Å². The predicted octanol–water partition coefficient (Wildman–Crippen LogP) is 0.635. The molecule has 1 N–H and O–H groups in total. The van der Waals surface area contributed by atoms with Crippen LogP contribution in [-0.2, 0) is 0 Å². The Morgan fingerprint density at radius 2 is 2.32 bits per heavy atom. The van der Waals surface area contributed by atoms with Crippen LogP contribution in [0.1, 0.15) is 38.3 Å². The van der Waals surface area contributed by atoms with Crippen LogP contribution >= 0.6 is 11.3 Å². The van der Waals surface area contributed by atoms with Gasteiger partial charge in [-0.15, -0.1) is 0 Å². The molecule has 0 radical (unpaired) electrons. The molecule has 0 saturated carbocycles. The number of nitrogens with zero attached hydrogens (tertiary/aromatic N) is 1. The fourth-order valence-electron chi connectivity index (χ4n) is 2.59. The number of alkyl halides is 1. The second kappa shape index (κ2) is 6.06. The van der Waals surface area contributed by atoms with Crippen LogP contribution < -0.4 is 26.5 Å². The molecule has 4 heteroatoms. The van der Waals surface area contributed by atoms with Crippen molar-refractivity contribution in [1.29, 1.82) is 0 Å². The molecular formula is C15H20IN2S-. The fraction of sp³-hybridized carbons (Fsp3) is 0.533. The van der Waals surface area contributed by atoms with E-state index < -0.39 is 0 Å². The van der Waals surface area contributed by atoms with Crippen molar-refractivity contribution in [1.82, 2.24) is 10.3 Å². The third-order valence-electron chi connectivity index (χ3n) is 3.70. The Morgan fingerprint density at radius 1 is 1.42 bits per heavy atom. The molecule has 1 aliphatic rings. The minimum atomic E-state index is 0.142. The van der Waals surface area contributed by atoms with Crippen molar-refractivity contribution < 1.29 is 21.2 Å². The quantitative estimate of drug-likeness (QED) is 0.618. The van der Waals surface area contributed by atoms with Gasteiger partial charge in [0.05, 0.1) is 0 Å². The summed E-state index contributed by atoms with van der Waals surface area (Å²) in [5.74, 6) is 0.820. The average molecular weight is 387 g/mol. The first kappa shape index (κ1) is 13.8. The van der Waals surface area contributed by atoms with Crippen molar-refractivity contribution in [3.05, 3.63) is 26.8 Å². The van der Waals surface area contributed by atoms with Gasteiger partial charge in [-0.25, -0.2) is 0 Å². The van der Waals surface area contributed by atoms with E-state index in [1.54, 1.807) is 0 Å². The molecule has 19 heavy (non-hydrogen) atoms. The van der Waals surface area contributed by atoms with Crippen molar-refractivity contribution in [3.8, 4) is 0 Å². The first-order valence-electron chi connectivity index (χ1n) is 6.99. The van der Waals surface area contributed by atoms with Crippen molar-refractivity contribution in [2.24, 2.45) is 5.92 Å².